The van der Waals surface area contributed by atoms with E-state index in [4.69, 9.17) is 0 Å². The summed E-state index contributed by atoms with van der Waals surface area (Å²) in [6.45, 7) is 4.20. The molecule has 2 N–H and O–H groups in total. The minimum Gasteiger partial charge on any atom is -0.326 e. The van der Waals surface area contributed by atoms with Crippen molar-refractivity contribution in [2.24, 2.45) is 0 Å². The molecule has 0 aliphatic heterocycles. The quantitative estimate of drug-likeness (QED) is 0.627. The van der Waals surface area contributed by atoms with Crippen LogP contribution in [0.4, 0.5) is 11.4 Å². The maximum atomic E-state index is 12.0. The highest BCUT2D eigenvalue weighted by Gasteiger charge is 2.05. The SMILES string of the molecule is CCc1ccc(NC(=O)CCCCC(=O)Nc2ccc(CC)cc2)cc1. The Kier molecular flexibility index (Phi) is 7.87. The molecule has 0 fully saturated rings. The lowest BCUT2D eigenvalue weighted by Gasteiger charge is -2.07. The summed E-state index contributed by atoms with van der Waals surface area (Å²) in [5.74, 6) is -0.0189. The van der Waals surface area contributed by atoms with Crippen LogP contribution in [-0.4, -0.2) is 11.8 Å². The van der Waals surface area contributed by atoms with Crippen molar-refractivity contribution in [2.75, 3.05) is 10.6 Å². The molecule has 0 aliphatic carbocycles. The van der Waals surface area contributed by atoms with E-state index in [0.717, 1.165) is 24.2 Å². The van der Waals surface area contributed by atoms with E-state index in [9.17, 15) is 9.59 Å². The lowest BCUT2D eigenvalue weighted by Crippen LogP contribution is -2.13. The number of anilines is 2. The Labute approximate surface area is 156 Å². The molecule has 0 atom stereocenters. The molecule has 2 amide bonds. The zero-order valence-corrected chi connectivity index (χ0v) is 15.7. The van der Waals surface area contributed by atoms with Gasteiger partial charge in [0.2, 0.25) is 11.8 Å². The van der Waals surface area contributed by atoms with Gasteiger partial charge in [-0.25, -0.2) is 0 Å². The molecule has 0 aromatic heterocycles. The lowest BCUT2D eigenvalue weighted by molar-refractivity contribution is -0.118. The number of nitrogens with one attached hydrogen (secondary N) is 2. The van der Waals surface area contributed by atoms with Crippen LogP contribution in [0.5, 0.6) is 0 Å². The number of carbonyl (C=O) groups excluding carboxylic acids is 2. The molecule has 0 bridgehead atoms. The average Bonchev–Trinajstić information content (AvgIpc) is 2.66. The van der Waals surface area contributed by atoms with E-state index in [-0.39, 0.29) is 11.8 Å². The van der Waals surface area contributed by atoms with Crippen molar-refractivity contribution >= 4 is 23.2 Å². The average molecular weight is 352 g/mol. The fraction of sp³-hybridized carbons (Fsp3) is 0.364. The van der Waals surface area contributed by atoms with E-state index in [1.807, 2.05) is 48.5 Å². The van der Waals surface area contributed by atoms with E-state index in [1.54, 1.807) is 0 Å². The van der Waals surface area contributed by atoms with E-state index in [2.05, 4.69) is 24.5 Å². The molecule has 4 heteroatoms. The van der Waals surface area contributed by atoms with E-state index in [0.29, 0.717) is 25.7 Å². The molecule has 4 nitrogen and oxygen atoms in total. The normalized spacial score (nSPS) is 10.4. The predicted molar refractivity (Wildman–Crippen MR) is 107 cm³/mol. The maximum absolute atomic E-state index is 12.0. The van der Waals surface area contributed by atoms with Crippen molar-refractivity contribution in [1.29, 1.82) is 0 Å². The number of benzene rings is 2. The number of hydrogen-bond donors (Lipinski definition) is 2. The van der Waals surface area contributed by atoms with Crippen molar-refractivity contribution in [1.82, 2.24) is 0 Å². The summed E-state index contributed by atoms with van der Waals surface area (Å²) < 4.78 is 0. The van der Waals surface area contributed by atoms with Gasteiger partial charge < -0.3 is 10.6 Å². The fourth-order valence-corrected chi connectivity index (χ4v) is 2.67. The molecule has 0 saturated heterocycles. The topological polar surface area (TPSA) is 58.2 Å². The smallest absolute Gasteiger partial charge is 0.224 e. The number of rotatable bonds is 9. The van der Waals surface area contributed by atoms with Gasteiger partial charge in [-0.15, -0.1) is 0 Å². The molecular weight excluding hydrogens is 324 g/mol. The zero-order chi connectivity index (χ0) is 18.8. The molecule has 138 valence electrons. The van der Waals surface area contributed by atoms with Crippen molar-refractivity contribution in [3.8, 4) is 0 Å². The van der Waals surface area contributed by atoms with Gasteiger partial charge in [0, 0.05) is 24.2 Å². The number of aryl methyl sites for hydroxylation is 2. The summed E-state index contributed by atoms with van der Waals surface area (Å²) >= 11 is 0. The molecular formula is C22H28N2O2. The van der Waals surface area contributed by atoms with Gasteiger partial charge in [-0.05, 0) is 61.1 Å². The van der Waals surface area contributed by atoms with Crippen molar-refractivity contribution in [3.05, 3.63) is 59.7 Å². The monoisotopic (exact) mass is 352 g/mol. The molecule has 26 heavy (non-hydrogen) atoms. The van der Waals surface area contributed by atoms with E-state index in [1.165, 1.54) is 11.1 Å². The van der Waals surface area contributed by atoms with Crippen LogP contribution in [0.25, 0.3) is 0 Å². The Morgan fingerprint density at radius 3 is 1.31 bits per heavy atom. The summed E-state index contributed by atoms with van der Waals surface area (Å²) in [6, 6.07) is 15.8. The van der Waals surface area contributed by atoms with Crippen LogP contribution >= 0.6 is 0 Å². The van der Waals surface area contributed by atoms with Crippen LogP contribution in [-0.2, 0) is 22.4 Å². The van der Waals surface area contributed by atoms with Gasteiger partial charge >= 0.3 is 0 Å². The third-order valence-electron chi connectivity index (χ3n) is 4.35. The van der Waals surface area contributed by atoms with Crippen LogP contribution in [0.1, 0.15) is 50.7 Å². The van der Waals surface area contributed by atoms with Gasteiger partial charge in [0.25, 0.3) is 0 Å². The van der Waals surface area contributed by atoms with Crippen LogP contribution in [0.3, 0.4) is 0 Å². The molecule has 2 aromatic rings. The first-order valence-electron chi connectivity index (χ1n) is 9.38. The van der Waals surface area contributed by atoms with Crippen LogP contribution < -0.4 is 10.6 Å². The molecule has 0 radical (unpaired) electrons. The first-order valence-corrected chi connectivity index (χ1v) is 9.38. The summed E-state index contributed by atoms with van der Waals surface area (Å²) in [5.41, 5.74) is 4.14. The summed E-state index contributed by atoms with van der Waals surface area (Å²) in [4.78, 5) is 23.9. The number of unbranched alkanes of at least 4 members (excludes halogenated alkanes) is 1. The first-order chi connectivity index (χ1) is 12.6. The Bertz CT molecular complexity index is 642. The predicted octanol–water partition coefficient (Wildman–Crippen LogP) is 4.95. The highest BCUT2D eigenvalue weighted by molar-refractivity contribution is 5.91. The van der Waals surface area contributed by atoms with Gasteiger partial charge in [0.05, 0.1) is 0 Å². The highest BCUT2D eigenvalue weighted by atomic mass is 16.2. The van der Waals surface area contributed by atoms with Crippen LogP contribution in [0.15, 0.2) is 48.5 Å². The number of carbonyl (C=O) groups is 2. The standard InChI is InChI=1S/C22H28N2O2/c1-3-17-9-13-19(14-10-17)23-21(25)7-5-6-8-22(26)24-20-15-11-18(4-2)12-16-20/h9-16H,3-8H2,1-2H3,(H,23,25)(H,24,26). The fourth-order valence-electron chi connectivity index (χ4n) is 2.67. The second-order valence-corrected chi connectivity index (χ2v) is 6.40. The highest BCUT2D eigenvalue weighted by Crippen LogP contribution is 2.13. The second kappa shape index (κ2) is 10.4. The van der Waals surface area contributed by atoms with Crippen molar-refractivity contribution in [2.45, 2.75) is 52.4 Å². The van der Waals surface area contributed by atoms with E-state index >= 15 is 0 Å². The molecule has 2 aromatic carbocycles. The Morgan fingerprint density at radius 2 is 1.00 bits per heavy atom. The van der Waals surface area contributed by atoms with Gasteiger partial charge in [-0.2, -0.15) is 0 Å². The third-order valence-corrected chi connectivity index (χ3v) is 4.35. The second-order valence-electron chi connectivity index (χ2n) is 6.40. The maximum Gasteiger partial charge on any atom is 0.224 e. The van der Waals surface area contributed by atoms with Crippen molar-refractivity contribution < 1.29 is 9.59 Å². The van der Waals surface area contributed by atoms with Gasteiger partial charge in [-0.1, -0.05) is 38.1 Å². The molecule has 2 rings (SSSR count). The number of amides is 2. The first kappa shape index (κ1) is 19.7. The van der Waals surface area contributed by atoms with E-state index < -0.39 is 0 Å². The van der Waals surface area contributed by atoms with Gasteiger partial charge in [-0.3, -0.25) is 9.59 Å². The van der Waals surface area contributed by atoms with Crippen LogP contribution in [0, 0.1) is 0 Å². The Balaban J connectivity index is 1.63. The minimum absolute atomic E-state index is 0.00943. The minimum atomic E-state index is -0.00943. The Morgan fingerprint density at radius 1 is 0.654 bits per heavy atom. The number of hydrogen-bond acceptors (Lipinski definition) is 2. The molecule has 0 aliphatic rings. The molecule has 0 unspecified atom stereocenters. The van der Waals surface area contributed by atoms with Crippen LogP contribution in [0.2, 0.25) is 0 Å². The summed E-state index contributed by atoms with van der Waals surface area (Å²) in [5, 5.41) is 5.78. The molecule has 0 heterocycles. The largest absolute Gasteiger partial charge is 0.326 e. The molecule has 0 saturated carbocycles. The van der Waals surface area contributed by atoms with Gasteiger partial charge in [0.15, 0.2) is 0 Å². The lowest BCUT2D eigenvalue weighted by atomic mass is 10.1. The summed E-state index contributed by atoms with van der Waals surface area (Å²) in [7, 11) is 0. The van der Waals surface area contributed by atoms with Gasteiger partial charge in [0.1, 0.15) is 0 Å². The zero-order valence-electron chi connectivity index (χ0n) is 15.7. The molecule has 0 spiro atoms. The Hall–Kier alpha value is -2.62. The summed E-state index contributed by atoms with van der Waals surface area (Å²) in [6.07, 6.45) is 4.21. The van der Waals surface area contributed by atoms with Crippen molar-refractivity contribution in [3.63, 3.8) is 0 Å². The third kappa shape index (κ3) is 6.71.